The summed E-state index contributed by atoms with van der Waals surface area (Å²) in [7, 11) is 0. The molecule has 3 nitrogen and oxygen atoms in total. The van der Waals surface area contributed by atoms with Gasteiger partial charge in [-0.3, -0.25) is 0 Å². The molecule has 1 heterocycles. The second-order valence-corrected chi connectivity index (χ2v) is 5.15. The van der Waals surface area contributed by atoms with E-state index in [9.17, 15) is 0 Å². The number of nitrogen functional groups attached to an aromatic ring is 1. The number of nitrogens with two attached hydrogens (primary N) is 1. The van der Waals surface area contributed by atoms with Crippen LogP contribution in [0.25, 0.3) is 16.8 Å². The van der Waals surface area contributed by atoms with Crippen molar-refractivity contribution in [1.82, 2.24) is 9.78 Å². The maximum Gasteiger partial charge on any atom is 0.0875 e. The minimum atomic E-state index is 0.716. The number of anilines is 1. The van der Waals surface area contributed by atoms with Crippen molar-refractivity contribution in [1.29, 1.82) is 0 Å². The fourth-order valence-corrected chi connectivity index (χ4v) is 2.21. The molecular weight excluding hydrogens is 302 g/mol. The Morgan fingerprint density at radius 2 is 1.68 bits per heavy atom. The number of aromatic nitrogens is 2. The number of hydrogen-bond donors (Lipinski definition) is 1. The van der Waals surface area contributed by atoms with E-state index in [-0.39, 0.29) is 0 Å². The molecule has 3 aromatic rings. The van der Waals surface area contributed by atoms with Crippen molar-refractivity contribution >= 4 is 21.6 Å². The van der Waals surface area contributed by atoms with Gasteiger partial charge in [0, 0.05) is 16.2 Å². The topological polar surface area (TPSA) is 43.8 Å². The highest BCUT2D eigenvalue weighted by Crippen LogP contribution is 2.23. The highest BCUT2D eigenvalue weighted by atomic mass is 79.9. The summed E-state index contributed by atoms with van der Waals surface area (Å²) < 4.78 is 2.86. The molecule has 0 unspecified atom stereocenters. The van der Waals surface area contributed by atoms with Crippen LogP contribution in [0.15, 0.2) is 65.4 Å². The predicted molar refractivity (Wildman–Crippen MR) is 81.1 cm³/mol. The SMILES string of the molecule is Nc1ccccc1-n1cc(-c2ccc(Br)cc2)cn1. The van der Waals surface area contributed by atoms with E-state index in [2.05, 4.69) is 33.2 Å². The summed E-state index contributed by atoms with van der Waals surface area (Å²) in [6.45, 7) is 0. The lowest BCUT2D eigenvalue weighted by atomic mass is 10.1. The quantitative estimate of drug-likeness (QED) is 0.729. The van der Waals surface area contributed by atoms with Gasteiger partial charge in [0.2, 0.25) is 0 Å². The first kappa shape index (κ1) is 12.0. The van der Waals surface area contributed by atoms with Gasteiger partial charge >= 0.3 is 0 Å². The molecule has 94 valence electrons. The summed E-state index contributed by atoms with van der Waals surface area (Å²) in [5.74, 6) is 0. The monoisotopic (exact) mass is 313 g/mol. The summed E-state index contributed by atoms with van der Waals surface area (Å²) in [6, 6.07) is 15.8. The van der Waals surface area contributed by atoms with Gasteiger partial charge in [0.05, 0.1) is 17.6 Å². The number of halogens is 1. The normalized spacial score (nSPS) is 10.6. The average Bonchev–Trinajstić information content (AvgIpc) is 2.89. The first-order chi connectivity index (χ1) is 9.24. The fourth-order valence-electron chi connectivity index (χ4n) is 1.94. The van der Waals surface area contributed by atoms with Crippen LogP contribution < -0.4 is 5.73 Å². The van der Waals surface area contributed by atoms with Crippen LogP contribution in [-0.2, 0) is 0 Å². The smallest absolute Gasteiger partial charge is 0.0875 e. The Bertz CT molecular complexity index is 701. The molecule has 2 aromatic carbocycles. The van der Waals surface area contributed by atoms with Crippen molar-refractivity contribution in [2.24, 2.45) is 0 Å². The van der Waals surface area contributed by atoms with Gasteiger partial charge in [-0.05, 0) is 29.8 Å². The Morgan fingerprint density at radius 1 is 0.947 bits per heavy atom. The maximum atomic E-state index is 5.95. The van der Waals surface area contributed by atoms with Gasteiger partial charge in [0.1, 0.15) is 0 Å². The lowest BCUT2D eigenvalue weighted by Crippen LogP contribution is -1.99. The molecule has 0 aliphatic heterocycles. The Hall–Kier alpha value is -2.07. The molecule has 3 rings (SSSR count). The molecule has 2 N–H and O–H groups in total. The number of rotatable bonds is 2. The van der Waals surface area contributed by atoms with Gasteiger partial charge in [-0.25, -0.2) is 4.68 Å². The molecule has 0 amide bonds. The first-order valence-electron chi connectivity index (χ1n) is 5.89. The molecule has 0 bridgehead atoms. The zero-order valence-corrected chi connectivity index (χ0v) is 11.7. The predicted octanol–water partition coefficient (Wildman–Crippen LogP) is 3.88. The van der Waals surface area contributed by atoms with Crippen LogP contribution in [0.3, 0.4) is 0 Å². The molecule has 1 aromatic heterocycles. The molecule has 0 aliphatic carbocycles. The number of hydrogen-bond acceptors (Lipinski definition) is 2. The Labute approximate surface area is 119 Å². The van der Waals surface area contributed by atoms with Gasteiger partial charge in [-0.2, -0.15) is 5.10 Å². The number of para-hydroxylation sites is 2. The molecule has 0 radical (unpaired) electrons. The Morgan fingerprint density at radius 3 is 2.42 bits per heavy atom. The van der Waals surface area contributed by atoms with Crippen LogP contribution in [0, 0.1) is 0 Å². The summed E-state index contributed by atoms with van der Waals surface area (Å²) in [5.41, 5.74) is 9.76. The van der Waals surface area contributed by atoms with E-state index in [1.54, 1.807) is 4.68 Å². The largest absolute Gasteiger partial charge is 0.397 e. The molecule has 0 fully saturated rings. The van der Waals surface area contributed by atoms with Crippen LogP contribution >= 0.6 is 15.9 Å². The second-order valence-electron chi connectivity index (χ2n) is 4.24. The minimum absolute atomic E-state index is 0.716. The molecular formula is C15H12BrN3. The van der Waals surface area contributed by atoms with E-state index >= 15 is 0 Å². The van der Waals surface area contributed by atoms with Crippen LogP contribution in [0.4, 0.5) is 5.69 Å². The van der Waals surface area contributed by atoms with Gasteiger partial charge < -0.3 is 5.73 Å². The molecule has 0 spiro atoms. The van der Waals surface area contributed by atoms with E-state index in [1.165, 1.54) is 0 Å². The number of nitrogens with zero attached hydrogens (tertiary/aromatic N) is 2. The van der Waals surface area contributed by atoms with Crippen LogP contribution in [0.2, 0.25) is 0 Å². The van der Waals surface area contributed by atoms with E-state index in [0.29, 0.717) is 5.69 Å². The zero-order valence-electron chi connectivity index (χ0n) is 10.1. The van der Waals surface area contributed by atoms with Crippen LogP contribution in [-0.4, -0.2) is 9.78 Å². The third-order valence-corrected chi connectivity index (χ3v) is 3.47. The maximum absolute atomic E-state index is 5.95. The minimum Gasteiger partial charge on any atom is -0.397 e. The second kappa shape index (κ2) is 4.90. The van der Waals surface area contributed by atoms with E-state index in [0.717, 1.165) is 21.3 Å². The van der Waals surface area contributed by atoms with Gasteiger partial charge in [-0.1, -0.05) is 40.2 Å². The average molecular weight is 314 g/mol. The van der Waals surface area contributed by atoms with Gasteiger partial charge in [0.15, 0.2) is 0 Å². The van der Waals surface area contributed by atoms with Crippen LogP contribution in [0.1, 0.15) is 0 Å². The highest BCUT2D eigenvalue weighted by Gasteiger charge is 2.05. The van der Waals surface area contributed by atoms with E-state index < -0.39 is 0 Å². The standard InChI is InChI=1S/C15H12BrN3/c16-13-7-5-11(6-8-13)12-9-18-19(10-12)15-4-2-1-3-14(15)17/h1-10H,17H2. The molecule has 0 atom stereocenters. The van der Waals surface area contributed by atoms with Crippen molar-refractivity contribution in [3.05, 3.63) is 65.4 Å². The third kappa shape index (κ3) is 2.39. The van der Waals surface area contributed by atoms with Crippen molar-refractivity contribution < 1.29 is 0 Å². The van der Waals surface area contributed by atoms with E-state index in [4.69, 9.17) is 5.73 Å². The summed E-state index contributed by atoms with van der Waals surface area (Å²) in [6.07, 6.45) is 3.82. The molecule has 0 aliphatic rings. The Kier molecular flexibility index (Phi) is 3.09. The van der Waals surface area contributed by atoms with Crippen molar-refractivity contribution in [3.63, 3.8) is 0 Å². The zero-order chi connectivity index (χ0) is 13.2. The van der Waals surface area contributed by atoms with Gasteiger partial charge in [0.25, 0.3) is 0 Å². The highest BCUT2D eigenvalue weighted by molar-refractivity contribution is 9.10. The third-order valence-electron chi connectivity index (χ3n) is 2.94. The first-order valence-corrected chi connectivity index (χ1v) is 6.69. The van der Waals surface area contributed by atoms with E-state index in [1.807, 2.05) is 48.8 Å². The molecule has 0 saturated carbocycles. The summed E-state index contributed by atoms with van der Waals surface area (Å²) in [5, 5.41) is 4.37. The van der Waals surface area contributed by atoms with Crippen LogP contribution in [0.5, 0.6) is 0 Å². The summed E-state index contributed by atoms with van der Waals surface area (Å²) in [4.78, 5) is 0. The summed E-state index contributed by atoms with van der Waals surface area (Å²) >= 11 is 3.43. The fraction of sp³-hybridized carbons (Fsp3) is 0. The number of benzene rings is 2. The molecule has 19 heavy (non-hydrogen) atoms. The molecule has 0 saturated heterocycles. The van der Waals surface area contributed by atoms with Crippen molar-refractivity contribution in [3.8, 4) is 16.8 Å². The van der Waals surface area contributed by atoms with Crippen molar-refractivity contribution in [2.75, 3.05) is 5.73 Å². The lowest BCUT2D eigenvalue weighted by Gasteiger charge is -2.04. The van der Waals surface area contributed by atoms with Gasteiger partial charge in [-0.15, -0.1) is 0 Å². The Balaban J connectivity index is 2.00. The molecule has 4 heteroatoms. The van der Waals surface area contributed by atoms with Crippen molar-refractivity contribution in [2.45, 2.75) is 0 Å². The lowest BCUT2D eigenvalue weighted by molar-refractivity contribution is 0.883.